The maximum absolute atomic E-state index is 2.59. The summed E-state index contributed by atoms with van der Waals surface area (Å²) in [5, 5.41) is 0. The fraction of sp³-hybridized carbons (Fsp3) is 0.231. The summed E-state index contributed by atoms with van der Waals surface area (Å²) in [6.07, 6.45) is 8.39. The Hall–Kier alpha value is -2.80. The Morgan fingerprint density at radius 2 is 1.59 bits per heavy atom. The number of anilines is 2. The lowest BCUT2D eigenvalue weighted by Crippen LogP contribution is -2.26. The highest BCUT2D eigenvalue weighted by Crippen LogP contribution is 2.52. The fourth-order valence-corrected chi connectivity index (χ4v) is 4.78. The number of fused-ring (bicyclic) bond motifs is 3. The Kier molecular flexibility index (Phi) is 4.09. The van der Waals surface area contributed by atoms with E-state index in [2.05, 4.69) is 96.8 Å². The molecule has 3 aromatic rings. The highest BCUT2D eigenvalue weighted by atomic mass is 15.2. The quantitative estimate of drug-likeness (QED) is 0.461. The van der Waals surface area contributed by atoms with Crippen molar-refractivity contribution >= 4 is 23.5 Å². The van der Waals surface area contributed by atoms with Crippen molar-refractivity contribution in [2.75, 3.05) is 4.90 Å². The van der Waals surface area contributed by atoms with Crippen molar-refractivity contribution in [2.45, 2.75) is 38.1 Å². The fourth-order valence-electron chi connectivity index (χ4n) is 4.78. The first-order chi connectivity index (χ1) is 13.3. The minimum atomic E-state index is 0.621. The largest absolute Gasteiger partial charge is 0.338 e. The van der Waals surface area contributed by atoms with Crippen LogP contribution in [0.15, 0.2) is 72.8 Å². The van der Waals surface area contributed by atoms with Crippen LogP contribution in [0.1, 0.15) is 47.4 Å². The van der Waals surface area contributed by atoms with Crippen molar-refractivity contribution in [1.82, 2.24) is 0 Å². The first-order valence-electron chi connectivity index (χ1n) is 10.0. The van der Waals surface area contributed by atoms with Gasteiger partial charge in [-0.1, -0.05) is 72.7 Å². The minimum absolute atomic E-state index is 0.621. The molecule has 134 valence electrons. The summed E-state index contributed by atoms with van der Waals surface area (Å²) in [6, 6.07) is 27.2. The molecule has 1 saturated carbocycles. The highest BCUT2D eigenvalue weighted by molar-refractivity contribution is 5.77. The number of aryl methyl sites for hydroxylation is 1. The Morgan fingerprint density at radius 1 is 0.815 bits per heavy atom. The Balaban J connectivity index is 1.51. The molecule has 0 N–H and O–H groups in total. The molecule has 5 rings (SSSR count). The van der Waals surface area contributed by atoms with Gasteiger partial charge in [-0.2, -0.15) is 0 Å². The lowest BCUT2D eigenvalue weighted by molar-refractivity contribution is 0.642. The molecule has 0 amide bonds. The van der Waals surface area contributed by atoms with E-state index in [1.54, 1.807) is 0 Å². The van der Waals surface area contributed by atoms with Gasteiger partial charge in [0.25, 0.3) is 0 Å². The van der Waals surface area contributed by atoms with E-state index < -0.39 is 0 Å². The Morgan fingerprint density at radius 3 is 2.41 bits per heavy atom. The average molecular weight is 351 g/mol. The van der Waals surface area contributed by atoms with Gasteiger partial charge in [-0.25, -0.2) is 0 Å². The maximum Gasteiger partial charge on any atom is 0.0450 e. The van der Waals surface area contributed by atoms with Crippen LogP contribution in [0, 0.1) is 6.92 Å². The van der Waals surface area contributed by atoms with Gasteiger partial charge in [0.2, 0.25) is 0 Å². The Bertz CT molecular complexity index is 969. The molecule has 1 aliphatic heterocycles. The molecule has 2 atom stereocenters. The van der Waals surface area contributed by atoms with Gasteiger partial charge in [-0.05, 0) is 60.7 Å². The number of hydrogen-bond acceptors (Lipinski definition) is 1. The van der Waals surface area contributed by atoms with Crippen molar-refractivity contribution in [3.8, 4) is 0 Å². The lowest BCUT2D eigenvalue weighted by Gasteiger charge is -2.27. The SMILES string of the molecule is Cc1ccc(N2c3ccc(C=Cc4ccccc4)cc3C3CCCC32)cc1. The zero-order chi connectivity index (χ0) is 18.2. The summed E-state index contributed by atoms with van der Waals surface area (Å²) in [5.41, 5.74) is 8.15. The molecule has 0 radical (unpaired) electrons. The predicted molar refractivity (Wildman–Crippen MR) is 116 cm³/mol. The van der Waals surface area contributed by atoms with Crippen molar-refractivity contribution in [1.29, 1.82) is 0 Å². The molecule has 0 bridgehead atoms. The summed E-state index contributed by atoms with van der Waals surface area (Å²) >= 11 is 0. The van der Waals surface area contributed by atoms with E-state index in [4.69, 9.17) is 0 Å². The molecule has 0 saturated heterocycles. The monoisotopic (exact) mass is 351 g/mol. The van der Waals surface area contributed by atoms with Crippen LogP contribution in [0.4, 0.5) is 11.4 Å². The normalized spacial score (nSPS) is 20.9. The number of nitrogens with zero attached hydrogens (tertiary/aromatic N) is 1. The molecule has 0 spiro atoms. The van der Waals surface area contributed by atoms with Gasteiger partial charge in [-0.3, -0.25) is 0 Å². The zero-order valence-corrected chi connectivity index (χ0v) is 15.8. The van der Waals surface area contributed by atoms with E-state index in [0.717, 1.165) is 0 Å². The minimum Gasteiger partial charge on any atom is -0.338 e. The molecule has 1 heterocycles. The highest BCUT2D eigenvalue weighted by Gasteiger charge is 2.41. The zero-order valence-electron chi connectivity index (χ0n) is 15.8. The van der Waals surface area contributed by atoms with Crippen molar-refractivity contribution in [3.05, 3.63) is 95.1 Å². The third kappa shape index (κ3) is 2.98. The summed E-state index contributed by atoms with van der Waals surface area (Å²) in [7, 11) is 0. The van der Waals surface area contributed by atoms with E-state index in [9.17, 15) is 0 Å². The third-order valence-corrected chi connectivity index (χ3v) is 6.10. The number of benzene rings is 3. The molecular weight excluding hydrogens is 326 g/mol. The molecule has 1 fully saturated rings. The molecule has 1 heteroatoms. The van der Waals surface area contributed by atoms with E-state index in [-0.39, 0.29) is 0 Å². The second kappa shape index (κ2) is 6.74. The van der Waals surface area contributed by atoms with Gasteiger partial charge in [0.15, 0.2) is 0 Å². The maximum atomic E-state index is 2.59. The standard InChI is InChI=1S/C26H25N/c1-19-10-15-22(16-11-19)27-25-9-5-8-23(25)24-18-21(14-17-26(24)27)13-12-20-6-3-2-4-7-20/h2-4,6-7,10-18,23,25H,5,8-9H2,1H3. The molecule has 2 aliphatic rings. The van der Waals surface area contributed by atoms with Crippen LogP contribution in [-0.2, 0) is 0 Å². The number of hydrogen-bond donors (Lipinski definition) is 0. The summed E-state index contributed by atoms with van der Waals surface area (Å²) in [6.45, 7) is 2.16. The summed E-state index contributed by atoms with van der Waals surface area (Å²) in [4.78, 5) is 2.59. The lowest BCUT2D eigenvalue weighted by atomic mass is 9.95. The molecule has 2 unspecified atom stereocenters. The molecular formula is C26H25N. The van der Waals surface area contributed by atoms with Gasteiger partial charge in [0.05, 0.1) is 0 Å². The van der Waals surface area contributed by atoms with Gasteiger partial charge in [0, 0.05) is 23.3 Å². The van der Waals surface area contributed by atoms with E-state index in [1.807, 2.05) is 0 Å². The molecule has 1 nitrogen and oxygen atoms in total. The van der Waals surface area contributed by atoms with Crippen molar-refractivity contribution in [3.63, 3.8) is 0 Å². The molecule has 3 aromatic carbocycles. The predicted octanol–water partition coefficient (Wildman–Crippen LogP) is 6.95. The van der Waals surface area contributed by atoms with E-state index >= 15 is 0 Å². The van der Waals surface area contributed by atoms with Gasteiger partial charge in [0.1, 0.15) is 0 Å². The Labute approximate surface area is 162 Å². The second-order valence-electron chi connectivity index (χ2n) is 7.87. The van der Waals surface area contributed by atoms with Gasteiger partial charge in [-0.15, -0.1) is 0 Å². The average Bonchev–Trinajstić information content (AvgIpc) is 3.29. The smallest absolute Gasteiger partial charge is 0.0450 e. The molecule has 0 aromatic heterocycles. The van der Waals surface area contributed by atoms with Crippen molar-refractivity contribution < 1.29 is 0 Å². The summed E-state index contributed by atoms with van der Waals surface area (Å²) < 4.78 is 0. The van der Waals surface area contributed by atoms with Crippen molar-refractivity contribution in [2.24, 2.45) is 0 Å². The van der Waals surface area contributed by atoms with E-state index in [1.165, 1.54) is 52.9 Å². The van der Waals surface area contributed by atoms with Gasteiger partial charge < -0.3 is 4.90 Å². The van der Waals surface area contributed by atoms with Crippen LogP contribution in [0.2, 0.25) is 0 Å². The molecule has 1 aliphatic carbocycles. The van der Waals surface area contributed by atoms with Crippen LogP contribution in [0.3, 0.4) is 0 Å². The second-order valence-corrected chi connectivity index (χ2v) is 7.87. The first kappa shape index (κ1) is 16.4. The van der Waals surface area contributed by atoms with Crippen LogP contribution in [0.5, 0.6) is 0 Å². The number of rotatable bonds is 3. The van der Waals surface area contributed by atoms with Crippen LogP contribution < -0.4 is 4.90 Å². The third-order valence-electron chi connectivity index (χ3n) is 6.10. The van der Waals surface area contributed by atoms with E-state index in [0.29, 0.717) is 12.0 Å². The van der Waals surface area contributed by atoms with Gasteiger partial charge >= 0.3 is 0 Å². The molecule has 27 heavy (non-hydrogen) atoms. The van der Waals surface area contributed by atoms with Crippen LogP contribution >= 0.6 is 0 Å². The summed E-state index contributed by atoms with van der Waals surface area (Å²) in [5.74, 6) is 0.673. The topological polar surface area (TPSA) is 3.24 Å². The van der Waals surface area contributed by atoms with Crippen LogP contribution in [0.25, 0.3) is 12.2 Å². The first-order valence-corrected chi connectivity index (χ1v) is 10.0. The van der Waals surface area contributed by atoms with Crippen LogP contribution in [-0.4, -0.2) is 6.04 Å².